The second kappa shape index (κ2) is 5.89. The van der Waals surface area contributed by atoms with Gasteiger partial charge in [0.05, 0.1) is 5.52 Å². The quantitative estimate of drug-likeness (QED) is 0.620. The summed E-state index contributed by atoms with van der Waals surface area (Å²) in [7, 11) is 0. The number of aromatic nitrogens is 2. The molecule has 0 bridgehead atoms. The zero-order valence-corrected chi connectivity index (χ0v) is 12.6. The van der Waals surface area contributed by atoms with Crippen molar-refractivity contribution in [2.75, 3.05) is 5.75 Å². The van der Waals surface area contributed by atoms with Crippen LogP contribution in [-0.2, 0) is 6.54 Å². The standard InChI is InChI=1S/C13H18N2OS2/c1-4-17-13-14-10-6-8-18-11(10)12(16)15(13)7-5-9(2)3/h6,8-9H,4-5,7H2,1-3H3. The minimum Gasteiger partial charge on any atom is -0.286 e. The fraction of sp³-hybridized carbons (Fsp3) is 0.538. The van der Waals surface area contributed by atoms with Crippen LogP contribution >= 0.6 is 23.1 Å². The van der Waals surface area contributed by atoms with Gasteiger partial charge in [-0.15, -0.1) is 11.3 Å². The Kier molecular flexibility index (Phi) is 4.45. The van der Waals surface area contributed by atoms with Crippen molar-refractivity contribution < 1.29 is 0 Å². The Bertz CT molecular complexity index is 586. The van der Waals surface area contributed by atoms with Gasteiger partial charge in [0.1, 0.15) is 4.70 Å². The highest BCUT2D eigenvalue weighted by molar-refractivity contribution is 7.99. The van der Waals surface area contributed by atoms with Crippen molar-refractivity contribution in [1.82, 2.24) is 9.55 Å². The molecule has 3 nitrogen and oxygen atoms in total. The molecule has 0 aliphatic heterocycles. The van der Waals surface area contributed by atoms with Crippen LogP contribution in [0.1, 0.15) is 27.2 Å². The van der Waals surface area contributed by atoms with Crippen molar-refractivity contribution in [2.45, 2.75) is 38.9 Å². The largest absolute Gasteiger partial charge is 0.286 e. The molecular weight excluding hydrogens is 264 g/mol. The SMILES string of the molecule is CCSc1nc2ccsc2c(=O)n1CCC(C)C. The third kappa shape index (κ3) is 2.78. The molecule has 0 fully saturated rings. The summed E-state index contributed by atoms with van der Waals surface area (Å²) in [5, 5.41) is 2.79. The number of fused-ring (bicyclic) bond motifs is 1. The van der Waals surface area contributed by atoms with Crippen molar-refractivity contribution >= 4 is 33.3 Å². The van der Waals surface area contributed by atoms with Crippen molar-refractivity contribution in [3.8, 4) is 0 Å². The van der Waals surface area contributed by atoms with Gasteiger partial charge in [0, 0.05) is 6.54 Å². The van der Waals surface area contributed by atoms with E-state index < -0.39 is 0 Å². The lowest BCUT2D eigenvalue weighted by Crippen LogP contribution is -2.23. The highest BCUT2D eigenvalue weighted by Crippen LogP contribution is 2.21. The van der Waals surface area contributed by atoms with Crippen LogP contribution in [0.25, 0.3) is 10.2 Å². The maximum absolute atomic E-state index is 12.4. The lowest BCUT2D eigenvalue weighted by atomic mass is 10.1. The number of thiophene rings is 1. The zero-order chi connectivity index (χ0) is 13.1. The Labute approximate surface area is 115 Å². The van der Waals surface area contributed by atoms with Crippen LogP contribution < -0.4 is 5.56 Å². The van der Waals surface area contributed by atoms with Crippen LogP contribution in [0.4, 0.5) is 0 Å². The maximum Gasteiger partial charge on any atom is 0.272 e. The zero-order valence-electron chi connectivity index (χ0n) is 11.0. The molecule has 2 aromatic rings. The van der Waals surface area contributed by atoms with Gasteiger partial charge < -0.3 is 0 Å². The summed E-state index contributed by atoms with van der Waals surface area (Å²) in [5.41, 5.74) is 0.952. The molecule has 0 aromatic carbocycles. The fourth-order valence-electron chi connectivity index (χ4n) is 1.75. The predicted octanol–water partition coefficient (Wildman–Crippen LogP) is 3.62. The first-order chi connectivity index (χ1) is 8.63. The fourth-order valence-corrected chi connectivity index (χ4v) is 3.28. The molecule has 0 spiro atoms. The molecule has 0 aliphatic carbocycles. The van der Waals surface area contributed by atoms with Crippen molar-refractivity contribution in [3.63, 3.8) is 0 Å². The number of nitrogens with zero attached hydrogens (tertiary/aromatic N) is 2. The molecular formula is C13H18N2OS2. The van der Waals surface area contributed by atoms with E-state index in [0.717, 1.165) is 34.1 Å². The first kappa shape index (κ1) is 13.6. The molecule has 98 valence electrons. The monoisotopic (exact) mass is 282 g/mol. The third-order valence-corrected chi connectivity index (χ3v) is 4.48. The van der Waals surface area contributed by atoms with Gasteiger partial charge in [-0.25, -0.2) is 4.98 Å². The van der Waals surface area contributed by atoms with E-state index in [-0.39, 0.29) is 5.56 Å². The molecule has 0 aliphatic rings. The van der Waals surface area contributed by atoms with E-state index in [1.165, 1.54) is 11.3 Å². The third-order valence-electron chi connectivity index (χ3n) is 2.73. The Morgan fingerprint density at radius 3 is 2.94 bits per heavy atom. The molecule has 0 saturated carbocycles. The summed E-state index contributed by atoms with van der Waals surface area (Å²) in [6.07, 6.45) is 1.01. The maximum atomic E-state index is 12.4. The van der Waals surface area contributed by atoms with Gasteiger partial charge in [-0.2, -0.15) is 0 Å². The summed E-state index contributed by atoms with van der Waals surface area (Å²) in [5.74, 6) is 1.53. The molecule has 0 unspecified atom stereocenters. The molecule has 0 N–H and O–H groups in total. The highest BCUT2D eigenvalue weighted by Gasteiger charge is 2.12. The van der Waals surface area contributed by atoms with Gasteiger partial charge in [0.25, 0.3) is 5.56 Å². The van der Waals surface area contributed by atoms with Crippen molar-refractivity contribution in [3.05, 3.63) is 21.8 Å². The predicted molar refractivity (Wildman–Crippen MR) is 79.7 cm³/mol. The van der Waals surface area contributed by atoms with E-state index in [1.807, 2.05) is 16.0 Å². The first-order valence-electron chi connectivity index (χ1n) is 6.24. The molecule has 0 saturated heterocycles. The smallest absolute Gasteiger partial charge is 0.272 e. The minimum absolute atomic E-state index is 0.117. The normalized spacial score (nSPS) is 11.6. The van der Waals surface area contributed by atoms with E-state index in [0.29, 0.717) is 5.92 Å². The lowest BCUT2D eigenvalue weighted by Gasteiger charge is -2.12. The van der Waals surface area contributed by atoms with Gasteiger partial charge in [-0.3, -0.25) is 9.36 Å². The topological polar surface area (TPSA) is 34.9 Å². The van der Waals surface area contributed by atoms with E-state index in [1.54, 1.807) is 11.8 Å². The average molecular weight is 282 g/mol. The summed E-state index contributed by atoms with van der Waals surface area (Å²) in [4.78, 5) is 17.0. The van der Waals surface area contributed by atoms with Crippen molar-refractivity contribution in [1.29, 1.82) is 0 Å². The Morgan fingerprint density at radius 2 is 2.28 bits per heavy atom. The van der Waals surface area contributed by atoms with E-state index in [4.69, 9.17) is 0 Å². The molecule has 0 radical (unpaired) electrons. The molecule has 2 aromatic heterocycles. The summed E-state index contributed by atoms with van der Waals surface area (Å²) >= 11 is 3.13. The molecule has 0 atom stereocenters. The summed E-state index contributed by atoms with van der Waals surface area (Å²) < 4.78 is 2.62. The number of hydrogen-bond donors (Lipinski definition) is 0. The van der Waals surface area contributed by atoms with Gasteiger partial charge in [-0.1, -0.05) is 32.5 Å². The van der Waals surface area contributed by atoms with Crippen molar-refractivity contribution in [2.24, 2.45) is 5.92 Å². The van der Waals surface area contributed by atoms with Crippen LogP contribution in [-0.4, -0.2) is 15.3 Å². The molecule has 5 heteroatoms. The minimum atomic E-state index is 0.117. The number of thioether (sulfide) groups is 1. The number of rotatable bonds is 5. The second-order valence-electron chi connectivity index (χ2n) is 4.60. The highest BCUT2D eigenvalue weighted by atomic mass is 32.2. The van der Waals surface area contributed by atoms with Gasteiger partial charge in [-0.05, 0) is 29.5 Å². The summed E-state index contributed by atoms with van der Waals surface area (Å²) in [6.45, 7) is 7.20. The van der Waals surface area contributed by atoms with Gasteiger partial charge in [0.15, 0.2) is 5.16 Å². The van der Waals surface area contributed by atoms with Gasteiger partial charge in [0.2, 0.25) is 0 Å². The molecule has 18 heavy (non-hydrogen) atoms. The first-order valence-corrected chi connectivity index (χ1v) is 8.10. The molecule has 2 heterocycles. The van der Waals surface area contributed by atoms with Crippen LogP contribution in [0.5, 0.6) is 0 Å². The molecule has 0 amide bonds. The Balaban J connectivity index is 2.48. The Morgan fingerprint density at radius 1 is 1.50 bits per heavy atom. The molecule has 2 rings (SSSR count). The summed E-state index contributed by atoms with van der Waals surface area (Å²) in [6, 6.07) is 1.92. The van der Waals surface area contributed by atoms with Crippen LogP contribution in [0, 0.1) is 5.92 Å². The Hall–Kier alpha value is -0.810. The van der Waals surface area contributed by atoms with Crippen LogP contribution in [0.3, 0.4) is 0 Å². The van der Waals surface area contributed by atoms with Gasteiger partial charge >= 0.3 is 0 Å². The van der Waals surface area contributed by atoms with Crippen LogP contribution in [0.15, 0.2) is 21.4 Å². The lowest BCUT2D eigenvalue weighted by molar-refractivity contribution is 0.481. The van der Waals surface area contributed by atoms with E-state index >= 15 is 0 Å². The van der Waals surface area contributed by atoms with E-state index in [9.17, 15) is 4.79 Å². The van der Waals surface area contributed by atoms with E-state index in [2.05, 4.69) is 25.8 Å². The van der Waals surface area contributed by atoms with Crippen LogP contribution in [0.2, 0.25) is 0 Å². The second-order valence-corrected chi connectivity index (χ2v) is 6.75. The number of hydrogen-bond acceptors (Lipinski definition) is 4. The average Bonchev–Trinajstić information content (AvgIpc) is 2.77.